The fourth-order valence-corrected chi connectivity index (χ4v) is 9.01. The number of aryl methyl sites for hydroxylation is 7. The molecule has 0 bridgehead atoms. The number of nitrogens with zero attached hydrogens (tertiary/aromatic N) is 2. The number of carbonyl (C=O) groups excluding carboxylic acids is 4. The van der Waals surface area contributed by atoms with E-state index in [-0.39, 0.29) is 23.6 Å². The second kappa shape index (κ2) is 14.2. The quantitative estimate of drug-likeness (QED) is 0.134. The first-order valence-electron chi connectivity index (χ1n) is 20.0. The Morgan fingerprint density at radius 2 is 0.683 bits per heavy atom. The maximum Gasteiger partial charge on any atom is 0.266 e. The maximum absolute atomic E-state index is 13.8. The molecular weight excluding hydrogens is 743 g/mol. The number of nitrogen functional groups attached to an aromatic ring is 1. The average molecular weight is 786 g/mol. The van der Waals surface area contributed by atoms with Crippen LogP contribution in [-0.2, 0) is 0 Å². The molecular formula is C53H43N3O4. The van der Waals surface area contributed by atoms with Crippen molar-refractivity contribution in [2.45, 2.75) is 48.5 Å². The number of hydrogen-bond acceptors (Lipinski definition) is 5. The van der Waals surface area contributed by atoms with Crippen molar-refractivity contribution in [2.75, 3.05) is 15.5 Å². The van der Waals surface area contributed by atoms with E-state index >= 15 is 0 Å². The van der Waals surface area contributed by atoms with Crippen LogP contribution in [0.2, 0.25) is 0 Å². The van der Waals surface area contributed by atoms with Crippen LogP contribution >= 0.6 is 0 Å². The highest BCUT2D eigenvalue weighted by molar-refractivity contribution is 6.35. The highest BCUT2D eigenvalue weighted by atomic mass is 16.2. The summed E-state index contributed by atoms with van der Waals surface area (Å²) < 4.78 is 0. The van der Waals surface area contributed by atoms with E-state index in [1.165, 1.54) is 15.4 Å². The summed E-state index contributed by atoms with van der Waals surface area (Å²) in [5.41, 5.74) is 24.4. The minimum Gasteiger partial charge on any atom is -0.399 e. The third-order valence-electron chi connectivity index (χ3n) is 12.1. The Balaban J connectivity index is 0.966. The molecule has 0 fully saturated rings. The Labute approximate surface area is 349 Å². The second-order valence-corrected chi connectivity index (χ2v) is 16.3. The van der Waals surface area contributed by atoms with Crippen LogP contribution < -0.4 is 15.5 Å². The van der Waals surface area contributed by atoms with E-state index in [2.05, 4.69) is 58.0 Å². The van der Waals surface area contributed by atoms with Crippen LogP contribution in [0.25, 0.3) is 44.5 Å². The zero-order chi connectivity index (χ0) is 42.3. The molecule has 0 radical (unpaired) electrons. The van der Waals surface area contributed by atoms with Gasteiger partial charge in [0.25, 0.3) is 23.6 Å². The first-order valence-corrected chi connectivity index (χ1v) is 20.0. The molecule has 0 saturated carbocycles. The summed E-state index contributed by atoms with van der Waals surface area (Å²) >= 11 is 0. The Morgan fingerprint density at radius 1 is 0.317 bits per heavy atom. The van der Waals surface area contributed by atoms with E-state index in [0.29, 0.717) is 39.3 Å². The lowest BCUT2D eigenvalue weighted by Crippen LogP contribution is -2.29. The van der Waals surface area contributed by atoms with Gasteiger partial charge in [0, 0.05) is 5.69 Å². The van der Waals surface area contributed by atoms with Crippen molar-refractivity contribution in [1.29, 1.82) is 0 Å². The average Bonchev–Trinajstić information content (AvgIpc) is 3.61. The highest BCUT2D eigenvalue weighted by Crippen LogP contribution is 2.40. The summed E-state index contributed by atoms with van der Waals surface area (Å²) in [6.07, 6.45) is 0. The largest absolute Gasteiger partial charge is 0.399 e. The standard InChI is InChI=1S/C53H43N3O4/c1-28-8-14-40(29(2)20-28)35-9-15-44-48(26-35)52(59)55(50(44)57)38-12-18-42(31(4)22-38)46-24-34(7)47(25-33(46)6)43-19-13-39(23-32(43)5)56-51(58)45-16-10-36(27-49(45)53(56)60)41-17-11-37(54)21-30(41)3/h8-27H,54H2,1-7H3. The predicted octanol–water partition coefficient (Wildman–Crippen LogP) is 11.7. The van der Waals surface area contributed by atoms with Crippen LogP contribution in [0.3, 0.4) is 0 Å². The number of carbonyl (C=O) groups is 4. The number of imide groups is 2. The van der Waals surface area contributed by atoms with Gasteiger partial charge < -0.3 is 5.73 Å². The van der Waals surface area contributed by atoms with Crippen molar-refractivity contribution < 1.29 is 19.2 Å². The molecule has 7 aromatic carbocycles. The summed E-state index contributed by atoms with van der Waals surface area (Å²) in [5, 5.41) is 0. The first kappa shape index (κ1) is 38.2. The summed E-state index contributed by atoms with van der Waals surface area (Å²) in [4.78, 5) is 57.5. The minimum atomic E-state index is -0.347. The monoisotopic (exact) mass is 785 g/mol. The van der Waals surface area contributed by atoms with E-state index in [9.17, 15) is 19.2 Å². The highest BCUT2D eigenvalue weighted by Gasteiger charge is 2.38. The van der Waals surface area contributed by atoms with Gasteiger partial charge in [0.15, 0.2) is 0 Å². The maximum atomic E-state index is 13.8. The number of amides is 4. The SMILES string of the molecule is Cc1ccc(-c2ccc3c(c2)C(=O)N(c2ccc(-c4cc(C)c(-c5ccc(N6C(=O)c7ccc(-c8ccc(N)cc8C)cc7C6=O)cc5C)cc4C)c(C)c2)C3=O)c(C)c1. The van der Waals surface area contributed by atoms with Crippen molar-refractivity contribution in [1.82, 2.24) is 0 Å². The van der Waals surface area contributed by atoms with Gasteiger partial charge in [0.1, 0.15) is 0 Å². The molecule has 7 nitrogen and oxygen atoms in total. The van der Waals surface area contributed by atoms with E-state index < -0.39 is 0 Å². The molecule has 2 aliphatic rings. The van der Waals surface area contributed by atoms with Crippen LogP contribution in [-0.4, -0.2) is 23.6 Å². The fraction of sp³-hybridized carbons (Fsp3) is 0.132. The van der Waals surface area contributed by atoms with Crippen molar-refractivity contribution in [3.8, 4) is 44.5 Å². The Hall–Kier alpha value is -7.38. The van der Waals surface area contributed by atoms with Crippen molar-refractivity contribution in [2.24, 2.45) is 0 Å². The van der Waals surface area contributed by atoms with Gasteiger partial charge in [-0.25, -0.2) is 9.80 Å². The molecule has 0 spiro atoms. The van der Waals surface area contributed by atoms with E-state index in [4.69, 9.17) is 5.73 Å². The summed E-state index contributed by atoms with van der Waals surface area (Å²) in [6, 6.07) is 38.6. The molecule has 9 rings (SSSR count). The lowest BCUT2D eigenvalue weighted by molar-refractivity contribution is 0.0910. The summed E-state index contributed by atoms with van der Waals surface area (Å²) in [6.45, 7) is 14.2. The van der Waals surface area contributed by atoms with Crippen LogP contribution in [0.1, 0.15) is 80.4 Å². The molecule has 294 valence electrons. The zero-order valence-electron chi connectivity index (χ0n) is 34.7. The van der Waals surface area contributed by atoms with Gasteiger partial charge in [-0.05, 0) is 187 Å². The molecule has 4 amide bonds. The third kappa shape index (κ3) is 6.13. The lowest BCUT2D eigenvalue weighted by atomic mass is 9.89. The molecule has 0 unspecified atom stereocenters. The van der Waals surface area contributed by atoms with Gasteiger partial charge in [-0.2, -0.15) is 0 Å². The summed E-state index contributed by atoms with van der Waals surface area (Å²) in [5.74, 6) is -1.34. The normalized spacial score (nSPS) is 13.4. The van der Waals surface area contributed by atoms with Crippen LogP contribution in [0.15, 0.2) is 121 Å². The smallest absolute Gasteiger partial charge is 0.266 e. The first-order chi connectivity index (χ1) is 28.7. The van der Waals surface area contributed by atoms with Gasteiger partial charge in [-0.3, -0.25) is 19.2 Å². The molecule has 0 aliphatic carbocycles. The summed E-state index contributed by atoms with van der Waals surface area (Å²) in [7, 11) is 0. The van der Waals surface area contributed by atoms with Gasteiger partial charge in [0.05, 0.1) is 33.6 Å². The third-order valence-corrected chi connectivity index (χ3v) is 12.1. The molecule has 0 aromatic heterocycles. The van der Waals surface area contributed by atoms with Crippen LogP contribution in [0, 0.1) is 48.5 Å². The number of nitrogens with two attached hydrogens (primary N) is 1. The molecule has 2 aliphatic heterocycles. The van der Waals surface area contributed by atoms with Crippen molar-refractivity contribution in [3.63, 3.8) is 0 Å². The fourth-order valence-electron chi connectivity index (χ4n) is 9.01. The van der Waals surface area contributed by atoms with E-state index in [0.717, 1.165) is 77.9 Å². The predicted molar refractivity (Wildman–Crippen MR) is 241 cm³/mol. The van der Waals surface area contributed by atoms with E-state index in [1.807, 2.05) is 93.6 Å². The van der Waals surface area contributed by atoms with Gasteiger partial charge >= 0.3 is 0 Å². The van der Waals surface area contributed by atoms with Gasteiger partial charge in [-0.1, -0.05) is 66.2 Å². The van der Waals surface area contributed by atoms with Crippen LogP contribution in [0.4, 0.5) is 17.1 Å². The van der Waals surface area contributed by atoms with Crippen molar-refractivity contribution >= 4 is 40.7 Å². The topological polar surface area (TPSA) is 101 Å². The minimum absolute atomic E-state index is 0.325. The van der Waals surface area contributed by atoms with Gasteiger partial charge in [-0.15, -0.1) is 0 Å². The molecule has 7 aromatic rings. The second-order valence-electron chi connectivity index (χ2n) is 16.3. The molecule has 2 heterocycles. The molecule has 0 saturated heterocycles. The Kier molecular flexibility index (Phi) is 9.01. The molecule has 7 heteroatoms. The number of hydrogen-bond donors (Lipinski definition) is 1. The zero-order valence-corrected chi connectivity index (χ0v) is 34.7. The lowest BCUT2D eigenvalue weighted by Gasteiger charge is -2.20. The number of benzene rings is 7. The number of fused-ring (bicyclic) bond motifs is 2. The van der Waals surface area contributed by atoms with Gasteiger partial charge in [0.2, 0.25) is 0 Å². The van der Waals surface area contributed by atoms with Crippen molar-refractivity contribution in [3.05, 3.63) is 183 Å². The Bertz CT molecular complexity index is 2860. The molecule has 2 N–H and O–H groups in total. The van der Waals surface area contributed by atoms with Crippen LogP contribution in [0.5, 0.6) is 0 Å². The number of anilines is 3. The van der Waals surface area contributed by atoms with E-state index in [1.54, 1.807) is 18.2 Å². The number of rotatable bonds is 6. The molecule has 0 atom stereocenters. The Morgan fingerprint density at radius 3 is 1.12 bits per heavy atom. The molecule has 60 heavy (non-hydrogen) atoms.